The van der Waals surface area contributed by atoms with Crippen molar-refractivity contribution in [3.05, 3.63) is 46.3 Å². The molecule has 1 amide bonds. The Bertz CT molecular complexity index is 703. The number of hydrogen-bond acceptors (Lipinski definition) is 3. The van der Waals surface area contributed by atoms with Crippen molar-refractivity contribution in [1.82, 2.24) is 15.1 Å². The van der Waals surface area contributed by atoms with E-state index in [1.54, 1.807) is 0 Å². The molecule has 0 fully saturated rings. The second-order valence-corrected chi connectivity index (χ2v) is 5.53. The van der Waals surface area contributed by atoms with Gasteiger partial charge in [0.25, 0.3) is 5.91 Å². The van der Waals surface area contributed by atoms with Gasteiger partial charge >= 0.3 is 0 Å². The van der Waals surface area contributed by atoms with Crippen LogP contribution in [-0.4, -0.2) is 22.2 Å². The van der Waals surface area contributed by atoms with Crippen LogP contribution in [-0.2, 0) is 20.0 Å². The number of anilines is 1. The average molecular weight is 284 g/mol. The summed E-state index contributed by atoms with van der Waals surface area (Å²) in [7, 11) is 1.90. The summed E-state index contributed by atoms with van der Waals surface area (Å²) in [5, 5.41) is 10.7. The smallest absolute Gasteiger partial charge is 0.276 e. The Morgan fingerprint density at radius 1 is 1.38 bits per heavy atom. The summed E-state index contributed by atoms with van der Waals surface area (Å²) < 4.78 is 1.83. The Morgan fingerprint density at radius 3 is 3.00 bits per heavy atom. The van der Waals surface area contributed by atoms with Crippen LogP contribution >= 0.6 is 0 Å². The molecule has 5 nitrogen and oxygen atoms in total. The maximum absolute atomic E-state index is 12.5. The topological polar surface area (TPSA) is 59.0 Å². The van der Waals surface area contributed by atoms with E-state index in [1.807, 2.05) is 43.8 Å². The predicted molar refractivity (Wildman–Crippen MR) is 82.5 cm³/mol. The van der Waals surface area contributed by atoms with E-state index < -0.39 is 0 Å². The highest BCUT2D eigenvalue weighted by molar-refractivity contribution is 6.04. The molecule has 0 aliphatic carbocycles. The van der Waals surface area contributed by atoms with Crippen molar-refractivity contribution < 1.29 is 4.79 Å². The Morgan fingerprint density at radius 2 is 2.19 bits per heavy atom. The minimum absolute atomic E-state index is 0.135. The third-order valence-corrected chi connectivity index (χ3v) is 4.18. The van der Waals surface area contributed by atoms with Crippen molar-refractivity contribution in [1.29, 1.82) is 0 Å². The lowest BCUT2D eigenvalue weighted by atomic mass is 10.1. The third-order valence-electron chi connectivity index (χ3n) is 4.18. The highest BCUT2D eigenvalue weighted by atomic mass is 16.2. The molecule has 5 heteroatoms. The number of benzene rings is 1. The van der Waals surface area contributed by atoms with Gasteiger partial charge < -0.3 is 10.6 Å². The first-order valence-electron chi connectivity index (χ1n) is 7.21. The van der Waals surface area contributed by atoms with Crippen molar-refractivity contribution >= 4 is 11.6 Å². The van der Waals surface area contributed by atoms with Gasteiger partial charge in [-0.2, -0.15) is 5.10 Å². The van der Waals surface area contributed by atoms with E-state index in [0.717, 1.165) is 41.0 Å². The first kappa shape index (κ1) is 13.8. The lowest BCUT2D eigenvalue weighted by Crippen LogP contribution is -2.26. The standard InChI is InChI=1S/C16H20N4O/c1-10-5-4-6-13(11(10)2)18-16(21)15-12-9-17-8-7-14(12)20(3)19-15/h4-6,17H,7-9H2,1-3H3,(H,18,21). The van der Waals surface area contributed by atoms with E-state index in [-0.39, 0.29) is 5.91 Å². The second-order valence-electron chi connectivity index (χ2n) is 5.53. The number of carbonyl (C=O) groups is 1. The predicted octanol–water partition coefficient (Wildman–Crippen LogP) is 1.93. The molecular formula is C16H20N4O. The summed E-state index contributed by atoms with van der Waals surface area (Å²) in [4.78, 5) is 12.5. The molecule has 1 aromatic heterocycles. The average Bonchev–Trinajstić information content (AvgIpc) is 2.82. The molecule has 0 bridgehead atoms. The van der Waals surface area contributed by atoms with Gasteiger partial charge in [-0.15, -0.1) is 0 Å². The van der Waals surface area contributed by atoms with Gasteiger partial charge in [0.05, 0.1) is 0 Å². The zero-order chi connectivity index (χ0) is 15.0. The summed E-state index contributed by atoms with van der Waals surface area (Å²) in [5.41, 5.74) is 5.81. The SMILES string of the molecule is Cc1cccc(NC(=O)c2nn(C)c3c2CNCC3)c1C. The van der Waals surface area contributed by atoms with Crippen molar-refractivity contribution in [2.45, 2.75) is 26.8 Å². The van der Waals surface area contributed by atoms with Gasteiger partial charge in [-0.05, 0) is 31.0 Å². The number of fused-ring (bicyclic) bond motifs is 1. The van der Waals surface area contributed by atoms with Crippen LogP contribution in [0.1, 0.15) is 32.9 Å². The molecule has 1 aliphatic heterocycles. The minimum atomic E-state index is -0.135. The maximum atomic E-state index is 12.5. The summed E-state index contributed by atoms with van der Waals surface area (Å²) in [6.45, 7) is 5.70. The van der Waals surface area contributed by atoms with E-state index >= 15 is 0 Å². The molecule has 0 atom stereocenters. The van der Waals surface area contributed by atoms with Gasteiger partial charge in [-0.25, -0.2) is 0 Å². The Hall–Kier alpha value is -2.14. The quantitative estimate of drug-likeness (QED) is 0.886. The van der Waals surface area contributed by atoms with Crippen molar-refractivity contribution in [2.24, 2.45) is 7.05 Å². The monoisotopic (exact) mass is 284 g/mol. The molecule has 2 N–H and O–H groups in total. The van der Waals surface area contributed by atoms with Crippen molar-refractivity contribution in [2.75, 3.05) is 11.9 Å². The highest BCUT2D eigenvalue weighted by Crippen LogP contribution is 2.21. The van der Waals surface area contributed by atoms with Crippen LogP contribution < -0.4 is 10.6 Å². The largest absolute Gasteiger partial charge is 0.320 e. The summed E-state index contributed by atoms with van der Waals surface area (Å²) in [6.07, 6.45) is 0.912. The number of rotatable bonds is 2. The number of carbonyl (C=O) groups excluding carboxylic acids is 1. The molecule has 3 rings (SSSR count). The van der Waals surface area contributed by atoms with E-state index in [9.17, 15) is 4.79 Å². The zero-order valence-corrected chi connectivity index (χ0v) is 12.7. The van der Waals surface area contributed by atoms with Crippen molar-refractivity contribution in [3.8, 4) is 0 Å². The van der Waals surface area contributed by atoms with E-state index in [1.165, 1.54) is 0 Å². The van der Waals surface area contributed by atoms with Gasteiger partial charge in [-0.3, -0.25) is 9.48 Å². The van der Waals surface area contributed by atoms with Crippen LogP contribution in [0.5, 0.6) is 0 Å². The molecule has 0 saturated carbocycles. The first-order valence-corrected chi connectivity index (χ1v) is 7.21. The Kier molecular flexibility index (Phi) is 3.51. The van der Waals surface area contributed by atoms with Crippen LogP contribution in [0.2, 0.25) is 0 Å². The van der Waals surface area contributed by atoms with E-state index in [2.05, 4.69) is 15.7 Å². The fourth-order valence-electron chi connectivity index (χ4n) is 2.77. The zero-order valence-electron chi connectivity index (χ0n) is 12.7. The number of amides is 1. The summed E-state index contributed by atoms with van der Waals surface area (Å²) >= 11 is 0. The molecule has 21 heavy (non-hydrogen) atoms. The molecule has 1 aliphatic rings. The summed E-state index contributed by atoms with van der Waals surface area (Å²) in [6, 6.07) is 5.92. The summed E-state index contributed by atoms with van der Waals surface area (Å²) in [5.74, 6) is -0.135. The first-order chi connectivity index (χ1) is 10.1. The van der Waals surface area contributed by atoms with Gasteiger partial charge in [0.2, 0.25) is 0 Å². The molecule has 2 heterocycles. The molecule has 0 saturated heterocycles. The van der Waals surface area contributed by atoms with Crippen LogP contribution in [0, 0.1) is 13.8 Å². The Labute approximate surface area is 124 Å². The van der Waals surface area contributed by atoms with Crippen LogP contribution in [0.4, 0.5) is 5.69 Å². The highest BCUT2D eigenvalue weighted by Gasteiger charge is 2.23. The number of nitrogens with one attached hydrogen (secondary N) is 2. The molecule has 110 valence electrons. The number of aromatic nitrogens is 2. The second kappa shape index (κ2) is 5.33. The maximum Gasteiger partial charge on any atom is 0.276 e. The molecule has 1 aromatic carbocycles. The lowest BCUT2D eigenvalue weighted by molar-refractivity contribution is 0.102. The minimum Gasteiger partial charge on any atom is -0.320 e. The van der Waals surface area contributed by atoms with Gasteiger partial charge in [0.1, 0.15) is 0 Å². The van der Waals surface area contributed by atoms with E-state index in [0.29, 0.717) is 12.2 Å². The van der Waals surface area contributed by atoms with Crippen LogP contribution in [0.25, 0.3) is 0 Å². The molecule has 0 radical (unpaired) electrons. The third kappa shape index (κ3) is 2.45. The van der Waals surface area contributed by atoms with Gasteiger partial charge in [0, 0.05) is 43.5 Å². The van der Waals surface area contributed by atoms with Gasteiger partial charge in [-0.1, -0.05) is 12.1 Å². The fraction of sp³-hybridized carbons (Fsp3) is 0.375. The molecule has 2 aromatic rings. The number of aryl methyl sites for hydroxylation is 2. The normalized spacial score (nSPS) is 13.9. The molecular weight excluding hydrogens is 264 g/mol. The fourth-order valence-corrected chi connectivity index (χ4v) is 2.77. The molecule has 0 unspecified atom stereocenters. The number of hydrogen-bond donors (Lipinski definition) is 2. The lowest BCUT2D eigenvalue weighted by Gasteiger charge is -2.14. The van der Waals surface area contributed by atoms with Crippen LogP contribution in [0.15, 0.2) is 18.2 Å². The van der Waals surface area contributed by atoms with Gasteiger partial charge in [0.15, 0.2) is 5.69 Å². The van der Waals surface area contributed by atoms with Crippen LogP contribution in [0.3, 0.4) is 0 Å². The van der Waals surface area contributed by atoms with Crippen molar-refractivity contribution in [3.63, 3.8) is 0 Å². The van der Waals surface area contributed by atoms with E-state index in [4.69, 9.17) is 0 Å². The number of nitrogens with zero attached hydrogens (tertiary/aromatic N) is 2. The molecule has 0 spiro atoms. The Balaban J connectivity index is 1.91.